The molecule has 1 amide bonds. The summed E-state index contributed by atoms with van der Waals surface area (Å²) in [6.45, 7) is 5.88. The Morgan fingerprint density at radius 3 is 2.62 bits per heavy atom. The highest BCUT2D eigenvalue weighted by molar-refractivity contribution is 7.99. The molecule has 5 nitrogen and oxygen atoms in total. The van der Waals surface area contributed by atoms with Gasteiger partial charge in [0, 0.05) is 19.6 Å². The summed E-state index contributed by atoms with van der Waals surface area (Å²) in [4.78, 5) is 14.4. The number of hydrogen-bond acceptors (Lipinski definition) is 4. The zero-order valence-electron chi connectivity index (χ0n) is 14.7. The van der Waals surface area contributed by atoms with E-state index in [0.717, 1.165) is 25.9 Å². The van der Waals surface area contributed by atoms with Crippen molar-refractivity contribution in [2.45, 2.75) is 37.4 Å². The second kappa shape index (κ2) is 8.98. The maximum absolute atomic E-state index is 14.1. The van der Waals surface area contributed by atoms with Gasteiger partial charge >= 0.3 is 0 Å². The van der Waals surface area contributed by atoms with Crippen molar-refractivity contribution in [1.29, 1.82) is 0 Å². The zero-order valence-corrected chi connectivity index (χ0v) is 15.6. The molecule has 3 rings (SSSR count). The molecule has 1 aromatic heterocycles. The zero-order chi connectivity index (χ0) is 18.4. The van der Waals surface area contributed by atoms with Crippen LogP contribution in [0.25, 0.3) is 11.4 Å². The molecular formula is C19H23FN4OS. The second-order valence-corrected chi connectivity index (χ2v) is 7.21. The lowest BCUT2D eigenvalue weighted by molar-refractivity contribution is -0.128. The Bertz CT molecular complexity index is 769. The molecule has 0 atom stereocenters. The number of likely N-dealkylation sites (tertiary alicyclic amines) is 1. The summed E-state index contributed by atoms with van der Waals surface area (Å²) in [6.07, 6.45) is 6.24. The van der Waals surface area contributed by atoms with Gasteiger partial charge in [-0.3, -0.25) is 9.36 Å². The normalized spacial score (nSPS) is 14.9. The van der Waals surface area contributed by atoms with E-state index >= 15 is 0 Å². The molecule has 0 saturated carbocycles. The lowest BCUT2D eigenvalue weighted by atomic mass is 10.2. The van der Waals surface area contributed by atoms with Gasteiger partial charge in [0.25, 0.3) is 0 Å². The average Bonchev–Trinajstić information content (AvgIpc) is 2.85. The van der Waals surface area contributed by atoms with Crippen molar-refractivity contribution < 1.29 is 9.18 Å². The molecule has 1 aliphatic rings. The third-order valence-electron chi connectivity index (χ3n) is 4.43. The number of amides is 1. The van der Waals surface area contributed by atoms with Crippen LogP contribution in [-0.2, 0) is 11.3 Å². The molecule has 0 N–H and O–H groups in total. The molecule has 2 heterocycles. The van der Waals surface area contributed by atoms with E-state index in [1.165, 1.54) is 30.7 Å². The fraction of sp³-hybridized carbons (Fsp3) is 0.421. The Morgan fingerprint density at radius 1 is 1.19 bits per heavy atom. The van der Waals surface area contributed by atoms with Crippen molar-refractivity contribution >= 4 is 17.7 Å². The number of rotatable bonds is 6. The minimum atomic E-state index is -0.345. The molecule has 0 bridgehead atoms. The topological polar surface area (TPSA) is 51.0 Å². The van der Waals surface area contributed by atoms with Crippen molar-refractivity contribution in [1.82, 2.24) is 19.7 Å². The molecule has 1 aromatic carbocycles. The SMILES string of the molecule is C=CCn1c(SCC(=O)N2CCCCCC2)nnc1-c1ccccc1F. The minimum Gasteiger partial charge on any atom is -0.342 e. The molecule has 0 unspecified atom stereocenters. The summed E-state index contributed by atoms with van der Waals surface area (Å²) in [5.41, 5.74) is 0.396. The highest BCUT2D eigenvalue weighted by Crippen LogP contribution is 2.26. The first-order chi connectivity index (χ1) is 12.7. The fourth-order valence-electron chi connectivity index (χ4n) is 3.07. The first-order valence-corrected chi connectivity index (χ1v) is 9.89. The first kappa shape index (κ1) is 18.6. The molecule has 1 fully saturated rings. The molecule has 2 aromatic rings. The van der Waals surface area contributed by atoms with Gasteiger partial charge in [-0.25, -0.2) is 4.39 Å². The lowest BCUT2D eigenvalue weighted by Gasteiger charge is -2.19. The van der Waals surface area contributed by atoms with Gasteiger partial charge in [-0.2, -0.15) is 0 Å². The van der Waals surface area contributed by atoms with Crippen LogP contribution in [0.4, 0.5) is 4.39 Å². The predicted octanol–water partition coefficient (Wildman–Crippen LogP) is 3.76. The van der Waals surface area contributed by atoms with Gasteiger partial charge in [-0.05, 0) is 25.0 Å². The van der Waals surface area contributed by atoms with Gasteiger partial charge in [-0.15, -0.1) is 16.8 Å². The van der Waals surface area contributed by atoms with Crippen LogP contribution < -0.4 is 0 Å². The average molecular weight is 374 g/mol. The third kappa shape index (κ3) is 4.33. The van der Waals surface area contributed by atoms with Crippen LogP contribution in [-0.4, -0.2) is 44.4 Å². The Balaban J connectivity index is 1.74. The van der Waals surface area contributed by atoms with Crippen LogP contribution in [0, 0.1) is 5.82 Å². The van der Waals surface area contributed by atoms with Gasteiger partial charge in [0.15, 0.2) is 11.0 Å². The Morgan fingerprint density at radius 2 is 1.92 bits per heavy atom. The van der Waals surface area contributed by atoms with Gasteiger partial charge < -0.3 is 4.90 Å². The number of carbonyl (C=O) groups is 1. The number of hydrogen-bond donors (Lipinski definition) is 0. The number of thioether (sulfide) groups is 1. The van der Waals surface area contributed by atoms with Crippen molar-refractivity contribution in [3.05, 3.63) is 42.7 Å². The van der Waals surface area contributed by atoms with E-state index in [9.17, 15) is 9.18 Å². The number of aromatic nitrogens is 3. The fourth-order valence-corrected chi connectivity index (χ4v) is 3.92. The lowest BCUT2D eigenvalue weighted by Crippen LogP contribution is -2.33. The molecule has 0 aliphatic carbocycles. The van der Waals surface area contributed by atoms with Crippen LogP contribution in [0.5, 0.6) is 0 Å². The third-order valence-corrected chi connectivity index (χ3v) is 5.38. The van der Waals surface area contributed by atoms with Crippen LogP contribution >= 0.6 is 11.8 Å². The Labute approximate surface area is 157 Å². The first-order valence-electron chi connectivity index (χ1n) is 8.90. The minimum absolute atomic E-state index is 0.123. The van der Waals surface area contributed by atoms with Crippen molar-refractivity contribution in [2.75, 3.05) is 18.8 Å². The summed E-state index contributed by atoms with van der Waals surface area (Å²) >= 11 is 1.34. The maximum atomic E-state index is 14.1. The van der Waals surface area contributed by atoms with E-state index in [1.807, 2.05) is 4.90 Å². The standard InChI is InChI=1S/C19H23FN4OS/c1-2-11-24-18(15-9-5-6-10-16(15)20)21-22-19(24)26-14-17(25)23-12-7-3-4-8-13-23/h2,5-6,9-10H,1,3-4,7-8,11-14H2. The largest absolute Gasteiger partial charge is 0.342 e. The number of nitrogens with zero attached hydrogens (tertiary/aromatic N) is 4. The molecule has 1 saturated heterocycles. The van der Waals surface area contributed by atoms with E-state index in [4.69, 9.17) is 0 Å². The van der Waals surface area contributed by atoms with Gasteiger partial charge in [0.1, 0.15) is 5.82 Å². The van der Waals surface area contributed by atoms with Crippen LogP contribution in [0.15, 0.2) is 42.1 Å². The Kier molecular flexibility index (Phi) is 6.44. The van der Waals surface area contributed by atoms with Crippen molar-refractivity contribution in [3.63, 3.8) is 0 Å². The number of carbonyl (C=O) groups excluding carboxylic acids is 1. The van der Waals surface area contributed by atoms with E-state index in [1.54, 1.807) is 28.8 Å². The van der Waals surface area contributed by atoms with Crippen molar-refractivity contribution in [3.8, 4) is 11.4 Å². The van der Waals surface area contributed by atoms with E-state index in [2.05, 4.69) is 16.8 Å². The van der Waals surface area contributed by atoms with E-state index < -0.39 is 0 Å². The predicted molar refractivity (Wildman–Crippen MR) is 101 cm³/mol. The second-order valence-electron chi connectivity index (χ2n) is 6.27. The molecule has 1 aliphatic heterocycles. The monoisotopic (exact) mass is 374 g/mol. The number of allylic oxidation sites excluding steroid dienone is 1. The highest BCUT2D eigenvalue weighted by atomic mass is 32.2. The van der Waals surface area contributed by atoms with Gasteiger partial charge in [0.2, 0.25) is 5.91 Å². The molecule has 0 radical (unpaired) electrons. The van der Waals surface area contributed by atoms with Crippen LogP contribution in [0.1, 0.15) is 25.7 Å². The summed E-state index contributed by atoms with van der Waals surface area (Å²) in [6, 6.07) is 6.48. The van der Waals surface area contributed by atoms with E-state index in [-0.39, 0.29) is 11.7 Å². The highest BCUT2D eigenvalue weighted by Gasteiger charge is 2.20. The maximum Gasteiger partial charge on any atom is 0.233 e. The van der Waals surface area contributed by atoms with Gasteiger partial charge in [-0.1, -0.05) is 42.8 Å². The smallest absolute Gasteiger partial charge is 0.233 e. The van der Waals surface area contributed by atoms with Gasteiger partial charge in [0.05, 0.1) is 11.3 Å². The molecular weight excluding hydrogens is 351 g/mol. The number of halogens is 1. The summed E-state index contributed by atoms with van der Waals surface area (Å²) in [7, 11) is 0. The summed E-state index contributed by atoms with van der Waals surface area (Å²) in [5, 5.41) is 8.93. The molecule has 0 spiro atoms. The Hall–Kier alpha value is -2.15. The summed E-state index contributed by atoms with van der Waals surface area (Å²) < 4.78 is 15.9. The quantitative estimate of drug-likeness (QED) is 0.571. The molecule has 26 heavy (non-hydrogen) atoms. The van der Waals surface area contributed by atoms with Crippen LogP contribution in [0.2, 0.25) is 0 Å². The van der Waals surface area contributed by atoms with E-state index in [0.29, 0.717) is 28.8 Å². The summed E-state index contributed by atoms with van der Waals surface area (Å²) in [5.74, 6) is 0.541. The van der Waals surface area contributed by atoms with Crippen molar-refractivity contribution in [2.24, 2.45) is 0 Å². The molecule has 7 heteroatoms. The number of benzene rings is 1. The van der Waals surface area contributed by atoms with Crippen LogP contribution in [0.3, 0.4) is 0 Å². The molecule has 138 valence electrons.